The van der Waals surface area contributed by atoms with Crippen molar-refractivity contribution in [1.29, 1.82) is 0 Å². The molecule has 0 aliphatic carbocycles. The number of hydrogen-bond donors (Lipinski definition) is 1. The van der Waals surface area contributed by atoms with E-state index in [0.29, 0.717) is 29.8 Å². The molecule has 0 atom stereocenters. The number of anilines is 1. The smallest absolute Gasteiger partial charge is 0.251 e. The van der Waals surface area contributed by atoms with Crippen molar-refractivity contribution >= 4 is 22.8 Å². The summed E-state index contributed by atoms with van der Waals surface area (Å²) in [5.41, 5.74) is 7.00. The van der Waals surface area contributed by atoms with Crippen LogP contribution in [0.15, 0.2) is 24.4 Å². The first-order valence-electron chi connectivity index (χ1n) is 6.14. The minimum absolute atomic E-state index is 0.403. The number of carbonyl (C=O) groups is 1. The van der Waals surface area contributed by atoms with E-state index in [9.17, 15) is 4.79 Å². The summed E-state index contributed by atoms with van der Waals surface area (Å²) < 4.78 is 5.31. The van der Waals surface area contributed by atoms with Crippen molar-refractivity contribution in [2.45, 2.75) is 0 Å². The molecule has 0 spiro atoms. The highest BCUT2D eigenvalue weighted by Crippen LogP contribution is 2.20. The summed E-state index contributed by atoms with van der Waals surface area (Å²) in [6.45, 7) is 2.97. The Morgan fingerprint density at radius 2 is 2.05 bits per heavy atom. The fourth-order valence-corrected chi connectivity index (χ4v) is 2.18. The fourth-order valence-electron chi connectivity index (χ4n) is 2.18. The van der Waals surface area contributed by atoms with Gasteiger partial charge in [-0.05, 0) is 18.2 Å². The highest BCUT2D eigenvalue weighted by Gasteiger charge is 2.15. The third-order valence-corrected chi connectivity index (χ3v) is 3.17. The van der Waals surface area contributed by atoms with E-state index in [2.05, 4.69) is 14.9 Å². The highest BCUT2D eigenvalue weighted by atomic mass is 16.5. The second-order valence-electron chi connectivity index (χ2n) is 4.36. The Kier molecular flexibility index (Phi) is 3.00. The molecular formula is C13H14N4O2. The van der Waals surface area contributed by atoms with Gasteiger partial charge in [-0.2, -0.15) is 0 Å². The van der Waals surface area contributed by atoms with Gasteiger partial charge in [-0.1, -0.05) is 0 Å². The molecule has 2 aromatic heterocycles. The molecule has 1 fully saturated rings. The van der Waals surface area contributed by atoms with Crippen LogP contribution in [0.3, 0.4) is 0 Å². The molecule has 3 heterocycles. The minimum Gasteiger partial charge on any atom is -0.378 e. The van der Waals surface area contributed by atoms with Crippen molar-refractivity contribution in [3.63, 3.8) is 0 Å². The molecule has 98 valence electrons. The summed E-state index contributed by atoms with van der Waals surface area (Å²) in [5.74, 6) is 0.338. The molecule has 0 saturated carbocycles. The van der Waals surface area contributed by atoms with Gasteiger partial charge in [0.05, 0.1) is 24.3 Å². The monoisotopic (exact) mass is 258 g/mol. The van der Waals surface area contributed by atoms with Crippen LogP contribution in [-0.2, 0) is 4.74 Å². The van der Waals surface area contributed by atoms with Crippen LogP contribution >= 0.6 is 0 Å². The Morgan fingerprint density at radius 3 is 2.79 bits per heavy atom. The zero-order chi connectivity index (χ0) is 13.2. The Labute approximate surface area is 110 Å². The number of amides is 1. The van der Waals surface area contributed by atoms with Crippen molar-refractivity contribution in [1.82, 2.24) is 9.97 Å². The van der Waals surface area contributed by atoms with E-state index in [1.165, 1.54) is 0 Å². The van der Waals surface area contributed by atoms with Crippen LogP contribution in [-0.4, -0.2) is 42.2 Å². The van der Waals surface area contributed by atoms with Crippen molar-refractivity contribution in [3.05, 3.63) is 30.0 Å². The van der Waals surface area contributed by atoms with Crippen LogP contribution in [0, 0.1) is 0 Å². The van der Waals surface area contributed by atoms with Gasteiger partial charge in [-0.25, -0.2) is 4.98 Å². The normalized spacial score (nSPS) is 15.7. The lowest BCUT2D eigenvalue weighted by atomic mass is 10.2. The van der Waals surface area contributed by atoms with Crippen molar-refractivity contribution < 1.29 is 9.53 Å². The maximum atomic E-state index is 11.4. The molecule has 0 bridgehead atoms. The number of primary amides is 1. The van der Waals surface area contributed by atoms with Crippen molar-refractivity contribution in [2.75, 3.05) is 31.2 Å². The number of rotatable bonds is 2. The average molecular weight is 258 g/mol. The molecule has 3 rings (SSSR count). The molecule has 19 heavy (non-hydrogen) atoms. The number of nitrogens with two attached hydrogens (primary N) is 1. The minimum atomic E-state index is -0.487. The lowest BCUT2D eigenvalue weighted by Gasteiger charge is -2.27. The van der Waals surface area contributed by atoms with Crippen LogP contribution in [0.2, 0.25) is 0 Å². The maximum absolute atomic E-state index is 11.4. The maximum Gasteiger partial charge on any atom is 0.251 e. The van der Waals surface area contributed by atoms with Gasteiger partial charge in [0, 0.05) is 19.3 Å². The average Bonchev–Trinajstić information content (AvgIpc) is 2.47. The number of aromatic nitrogens is 2. The summed E-state index contributed by atoms with van der Waals surface area (Å²) in [6, 6.07) is 5.37. The van der Waals surface area contributed by atoms with Crippen LogP contribution in [0.5, 0.6) is 0 Å². The van der Waals surface area contributed by atoms with Crippen molar-refractivity contribution in [3.8, 4) is 0 Å². The standard InChI is InChI=1S/C13H14N4O2/c14-13(18)9-3-4-15-10-1-2-11(16-12(9)10)17-5-7-19-8-6-17/h1-4H,5-8H2,(H2,14,18). The van der Waals surface area contributed by atoms with Gasteiger partial charge >= 0.3 is 0 Å². The molecule has 1 saturated heterocycles. The number of nitrogens with zero attached hydrogens (tertiary/aromatic N) is 3. The molecule has 6 heteroatoms. The molecule has 0 aromatic carbocycles. The third-order valence-electron chi connectivity index (χ3n) is 3.17. The largest absolute Gasteiger partial charge is 0.378 e. The number of fused-ring (bicyclic) bond motifs is 1. The van der Waals surface area contributed by atoms with E-state index in [-0.39, 0.29) is 0 Å². The Hall–Kier alpha value is -2.21. The first-order valence-corrected chi connectivity index (χ1v) is 6.14. The van der Waals surface area contributed by atoms with Crippen LogP contribution in [0.1, 0.15) is 10.4 Å². The summed E-state index contributed by atoms with van der Waals surface area (Å²) in [4.78, 5) is 22.3. The molecule has 1 aliphatic rings. The predicted molar refractivity (Wildman–Crippen MR) is 71.1 cm³/mol. The van der Waals surface area contributed by atoms with E-state index < -0.39 is 5.91 Å². The van der Waals surface area contributed by atoms with Gasteiger partial charge in [0.1, 0.15) is 11.3 Å². The van der Waals surface area contributed by atoms with Crippen LogP contribution < -0.4 is 10.6 Å². The zero-order valence-corrected chi connectivity index (χ0v) is 10.4. The van der Waals surface area contributed by atoms with E-state index in [0.717, 1.165) is 18.9 Å². The number of hydrogen-bond acceptors (Lipinski definition) is 5. The van der Waals surface area contributed by atoms with Crippen molar-refractivity contribution in [2.24, 2.45) is 5.73 Å². The summed E-state index contributed by atoms with van der Waals surface area (Å²) in [7, 11) is 0. The number of pyridine rings is 2. The number of ether oxygens (including phenoxy) is 1. The zero-order valence-electron chi connectivity index (χ0n) is 10.4. The second kappa shape index (κ2) is 4.81. The molecule has 0 radical (unpaired) electrons. The SMILES string of the molecule is NC(=O)c1ccnc2ccc(N3CCOCC3)nc12. The van der Waals surface area contributed by atoms with E-state index in [1.54, 1.807) is 12.3 Å². The lowest BCUT2D eigenvalue weighted by Crippen LogP contribution is -2.36. The van der Waals surface area contributed by atoms with Gasteiger partial charge in [0.15, 0.2) is 0 Å². The van der Waals surface area contributed by atoms with Gasteiger partial charge in [0.25, 0.3) is 5.91 Å². The molecular weight excluding hydrogens is 244 g/mol. The molecule has 1 aliphatic heterocycles. The highest BCUT2D eigenvalue weighted by molar-refractivity contribution is 6.03. The van der Waals surface area contributed by atoms with Gasteiger partial charge < -0.3 is 15.4 Å². The quantitative estimate of drug-likeness (QED) is 0.851. The summed E-state index contributed by atoms with van der Waals surface area (Å²) in [5, 5.41) is 0. The molecule has 1 amide bonds. The first kappa shape index (κ1) is 11.9. The molecule has 2 aromatic rings. The second-order valence-corrected chi connectivity index (χ2v) is 4.36. The Bertz CT molecular complexity index is 623. The summed E-state index contributed by atoms with van der Waals surface area (Å²) in [6.07, 6.45) is 1.57. The first-order chi connectivity index (χ1) is 9.25. The van der Waals surface area contributed by atoms with E-state index in [4.69, 9.17) is 10.5 Å². The van der Waals surface area contributed by atoms with Gasteiger partial charge in [-0.15, -0.1) is 0 Å². The van der Waals surface area contributed by atoms with Crippen LogP contribution in [0.25, 0.3) is 11.0 Å². The number of morpholine rings is 1. The van der Waals surface area contributed by atoms with E-state index >= 15 is 0 Å². The van der Waals surface area contributed by atoms with Gasteiger partial charge in [-0.3, -0.25) is 9.78 Å². The number of carbonyl (C=O) groups excluding carboxylic acids is 1. The molecule has 2 N–H and O–H groups in total. The fraction of sp³-hybridized carbons (Fsp3) is 0.308. The van der Waals surface area contributed by atoms with Gasteiger partial charge in [0.2, 0.25) is 0 Å². The third kappa shape index (κ3) is 2.22. The van der Waals surface area contributed by atoms with Crippen LogP contribution in [0.4, 0.5) is 5.82 Å². The predicted octanol–water partition coefficient (Wildman–Crippen LogP) is 0.565. The topological polar surface area (TPSA) is 81.3 Å². The van der Waals surface area contributed by atoms with E-state index in [1.807, 2.05) is 12.1 Å². The summed E-state index contributed by atoms with van der Waals surface area (Å²) >= 11 is 0. The lowest BCUT2D eigenvalue weighted by molar-refractivity contribution is 0.100. The Balaban J connectivity index is 2.08. The molecule has 6 nitrogen and oxygen atoms in total. The molecule has 0 unspecified atom stereocenters. The Morgan fingerprint density at radius 1 is 1.26 bits per heavy atom.